The van der Waals surface area contributed by atoms with Crippen LogP contribution < -0.4 is 0 Å². The molecule has 1 N–H and O–H groups in total. The van der Waals surface area contributed by atoms with Crippen molar-refractivity contribution in [2.45, 2.75) is 32.3 Å². The molecule has 0 unspecified atom stereocenters. The average Bonchev–Trinajstić information content (AvgIpc) is 3.14. The number of benzene rings is 2. The minimum Gasteiger partial charge on any atom is -0.420 e. The maximum atomic E-state index is 13.5. The maximum Gasteiger partial charge on any atom is 0.247 e. The normalized spacial score (nSPS) is 13.2. The molecule has 8 heteroatoms. The third-order valence-electron chi connectivity index (χ3n) is 4.55. The summed E-state index contributed by atoms with van der Waals surface area (Å²) in [5.41, 5.74) is 2.16. The standard InChI is InChI=1S/C20H16ClF2N3O2/c1-10-12(5-7-17(24-3)18(10)21)8-14(11(2)27)20-26-25-19(28-20)13-4-6-15(22)16(23)9-13/h4-7,9,11,14,27H,8H2,1-2H3/t11-,14-/m1/s1. The zero-order valence-electron chi connectivity index (χ0n) is 15.1. The van der Waals surface area contributed by atoms with Crippen LogP contribution in [0.15, 0.2) is 34.7 Å². The van der Waals surface area contributed by atoms with Crippen molar-refractivity contribution in [3.8, 4) is 11.5 Å². The van der Waals surface area contributed by atoms with Gasteiger partial charge in [0.1, 0.15) is 0 Å². The lowest BCUT2D eigenvalue weighted by atomic mass is 9.92. The number of rotatable bonds is 5. The number of nitrogens with zero attached hydrogens (tertiary/aromatic N) is 3. The first-order valence-electron chi connectivity index (χ1n) is 8.44. The Morgan fingerprint density at radius 3 is 2.61 bits per heavy atom. The highest BCUT2D eigenvalue weighted by Gasteiger charge is 2.26. The molecule has 0 saturated heterocycles. The number of aliphatic hydroxyl groups excluding tert-OH is 1. The van der Waals surface area contributed by atoms with Crippen molar-refractivity contribution in [1.82, 2.24) is 10.2 Å². The van der Waals surface area contributed by atoms with Gasteiger partial charge in [0.2, 0.25) is 17.5 Å². The van der Waals surface area contributed by atoms with E-state index in [-0.39, 0.29) is 17.3 Å². The van der Waals surface area contributed by atoms with Crippen LogP contribution >= 0.6 is 11.6 Å². The fourth-order valence-corrected chi connectivity index (χ4v) is 3.08. The molecular weight excluding hydrogens is 388 g/mol. The van der Waals surface area contributed by atoms with E-state index in [9.17, 15) is 13.9 Å². The highest BCUT2D eigenvalue weighted by atomic mass is 35.5. The summed E-state index contributed by atoms with van der Waals surface area (Å²) in [4.78, 5) is 3.37. The first kappa shape index (κ1) is 19.9. The second kappa shape index (κ2) is 8.05. The van der Waals surface area contributed by atoms with Gasteiger partial charge in [0.15, 0.2) is 11.6 Å². The van der Waals surface area contributed by atoms with Crippen LogP contribution in [-0.2, 0) is 6.42 Å². The summed E-state index contributed by atoms with van der Waals surface area (Å²) in [6.07, 6.45) is -0.474. The molecule has 0 radical (unpaired) electrons. The summed E-state index contributed by atoms with van der Waals surface area (Å²) < 4.78 is 32.2. The average molecular weight is 404 g/mol. The van der Waals surface area contributed by atoms with Gasteiger partial charge in [0.25, 0.3) is 0 Å². The molecule has 28 heavy (non-hydrogen) atoms. The Kier molecular flexibility index (Phi) is 5.73. The number of hydrogen-bond donors (Lipinski definition) is 1. The topological polar surface area (TPSA) is 63.5 Å². The first-order chi connectivity index (χ1) is 13.3. The Morgan fingerprint density at radius 1 is 1.21 bits per heavy atom. The summed E-state index contributed by atoms with van der Waals surface area (Å²) in [7, 11) is 0. The molecule has 0 aliphatic carbocycles. The smallest absolute Gasteiger partial charge is 0.247 e. The number of aliphatic hydroxyl groups is 1. The van der Waals surface area contributed by atoms with Gasteiger partial charge in [-0.25, -0.2) is 13.6 Å². The fraction of sp³-hybridized carbons (Fsp3) is 0.250. The molecule has 1 aromatic heterocycles. The van der Waals surface area contributed by atoms with E-state index in [0.29, 0.717) is 17.1 Å². The molecule has 0 fully saturated rings. The van der Waals surface area contributed by atoms with Gasteiger partial charge in [-0.2, -0.15) is 0 Å². The third kappa shape index (κ3) is 3.88. The van der Waals surface area contributed by atoms with Gasteiger partial charge in [0, 0.05) is 5.56 Å². The second-order valence-electron chi connectivity index (χ2n) is 6.42. The van der Waals surface area contributed by atoms with Gasteiger partial charge in [-0.1, -0.05) is 23.7 Å². The Morgan fingerprint density at radius 2 is 1.96 bits per heavy atom. The van der Waals surface area contributed by atoms with Crippen LogP contribution in [0.3, 0.4) is 0 Å². The highest BCUT2D eigenvalue weighted by Crippen LogP contribution is 2.34. The van der Waals surface area contributed by atoms with E-state index in [1.807, 2.05) is 0 Å². The van der Waals surface area contributed by atoms with Crippen molar-refractivity contribution >= 4 is 17.3 Å². The van der Waals surface area contributed by atoms with E-state index in [1.54, 1.807) is 26.0 Å². The molecule has 2 atom stereocenters. The second-order valence-corrected chi connectivity index (χ2v) is 6.80. The SMILES string of the molecule is [C-]#[N+]c1ccc(C[C@@H](c2nnc(-c3ccc(F)c(F)c3)o2)[C@@H](C)O)c(C)c1Cl. The third-order valence-corrected chi connectivity index (χ3v) is 5.02. The van der Waals surface area contributed by atoms with Crippen molar-refractivity contribution in [1.29, 1.82) is 0 Å². The molecule has 0 saturated carbocycles. The number of hydrogen-bond acceptors (Lipinski definition) is 4. The Bertz CT molecular complexity index is 1060. The van der Waals surface area contributed by atoms with E-state index in [4.69, 9.17) is 22.6 Å². The van der Waals surface area contributed by atoms with Gasteiger partial charge >= 0.3 is 0 Å². The first-order valence-corrected chi connectivity index (χ1v) is 8.82. The number of halogens is 3. The van der Waals surface area contributed by atoms with Gasteiger partial charge in [-0.05, 0) is 49.6 Å². The quantitative estimate of drug-likeness (QED) is 0.592. The largest absolute Gasteiger partial charge is 0.420 e. The zero-order chi connectivity index (χ0) is 20.4. The summed E-state index contributed by atoms with van der Waals surface area (Å²) in [6.45, 7) is 10.5. The van der Waals surface area contributed by atoms with E-state index < -0.39 is 23.7 Å². The summed E-state index contributed by atoms with van der Waals surface area (Å²) in [5, 5.41) is 18.5. The van der Waals surface area contributed by atoms with Gasteiger partial charge in [-0.15, -0.1) is 10.2 Å². The molecule has 0 aliphatic rings. The highest BCUT2D eigenvalue weighted by molar-refractivity contribution is 6.34. The Hall–Kier alpha value is -2.82. The Balaban J connectivity index is 1.92. The monoisotopic (exact) mass is 403 g/mol. The molecule has 0 bridgehead atoms. The van der Waals surface area contributed by atoms with Crippen molar-refractivity contribution in [2.75, 3.05) is 0 Å². The van der Waals surface area contributed by atoms with Crippen LogP contribution in [0.5, 0.6) is 0 Å². The predicted molar refractivity (Wildman–Crippen MR) is 100 cm³/mol. The van der Waals surface area contributed by atoms with E-state index in [2.05, 4.69) is 15.0 Å². The van der Waals surface area contributed by atoms with Crippen LogP contribution in [0.25, 0.3) is 16.3 Å². The van der Waals surface area contributed by atoms with E-state index in [1.165, 1.54) is 6.07 Å². The lowest BCUT2D eigenvalue weighted by molar-refractivity contribution is 0.148. The predicted octanol–water partition coefficient (Wildman–Crippen LogP) is 5.23. The van der Waals surface area contributed by atoms with Crippen molar-refractivity contribution in [3.05, 3.63) is 75.4 Å². The van der Waals surface area contributed by atoms with Crippen molar-refractivity contribution < 1.29 is 18.3 Å². The molecule has 0 spiro atoms. The van der Waals surface area contributed by atoms with Crippen LogP contribution in [-0.4, -0.2) is 21.4 Å². The molecule has 0 amide bonds. The van der Waals surface area contributed by atoms with Gasteiger partial charge in [0.05, 0.1) is 23.6 Å². The van der Waals surface area contributed by atoms with Gasteiger partial charge < -0.3 is 9.52 Å². The molecule has 0 aliphatic heterocycles. The molecule has 2 aromatic carbocycles. The van der Waals surface area contributed by atoms with Crippen molar-refractivity contribution in [2.24, 2.45) is 0 Å². The van der Waals surface area contributed by atoms with Crippen LogP contribution in [0, 0.1) is 25.1 Å². The number of aromatic nitrogens is 2. The summed E-state index contributed by atoms with van der Waals surface area (Å²) >= 11 is 6.23. The lowest BCUT2D eigenvalue weighted by Crippen LogP contribution is -2.18. The summed E-state index contributed by atoms with van der Waals surface area (Å²) in [6, 6.07) is 6.68. The molecule has 1 heterocycles. The molecular formula is C20H16ClF2N3O2. The summed E-state index contributed by atoms with van der Waals surface area (Å²) in [5.74, 6) is -2.34. The molecule has 144 valence electrons. The minimum atomic E-state index is -1.02. The molecule has 5 nitrogen and oxygen atoms in total. The van der Waals surface area contributed by atoms with Crippen LogP contribution in [0.2, 0.25) is 5.02 Å². The van der Waals surface area contributed by atoms with E-state index >= 15 is 0 Å². The lowest BCUT2D eigenvalue weighted by Gasteiger charge is -2.18. The molecule has 3 aromatic rings. The van der Waals surface area contributed by atoms with E-state index in [0.717, 1.165) is 23.3 Å². The minimum absolute atomic E-state index is 0.0256. The van der Waals surface area contributed by atoms with Crippen LogP contribution in [0.4, 0.5) is 14.5 Å². The Labute approximate surface area is 165 Å². The zero-order valence-corrected chi connectivity index (χ0v) is 15.8. The fourth-order valence-electron chi connectivity index (χ4n) is 2.85. The molecule has 3 rings (SSSR count). The van der Waals surface area contributed by atoms with Crippen LogP contribution in [0.1, 0.15) is 29.9 Å². The van der Waals surface area contributed by atoms with Crippen molar-refractivity contribution in [3.63, 3.8) is 0 Å². The van der Waals surface area contributed by atoms with Gasteiger partial charge in [-0.3, -0.25) is 0 Å². The maximum absolute atomic E-state index is 13.5.